The molecule has 0 bridgehead atoms. The van der Waals surface area contributed by atoms with Crippen LogP contribution in [0.15, 0.2) is 53.5 Å². The third kappa shape index (κ3) is 5.57. The largest absolute Gasteiger partial charge is 0.491 e. The molecule has 0 unspecified atom stereocenters. The molecular weight excluding hydrogens is 305 g/mol. The Kier molecular flexibility index (Phi) is 6.61. The summed E-state index contributed by atoms with van der Waals surface area (Å²) in [6.45, 7) is 4.98. The predicted octanol–water partition coefficient (Wildman–Crippen LogP) is 3.48. The van der Waals surface area contributed by atoms with E-state index in [2.05, 4.69) is 15.6 Å². The maximum absolute atomic E-state index is 13.6. The van der Waals surface area contributed by atoms with Gasteiger partial charge in [-0.15, -0.1) is 0 Å². The van der Waals surface area contributed by atoms with E-state index in [0.717, 1.165) is 11.3 Å². The van der Waals surface area contributed by atoms with Crippen molar-refractivity contribution < 1.29 is 9.13 Å². The normalized spacial score (nSPS) is 11.5. The van der Waals surface area contributed by atoms with Gasteiger partial charge in [-0.05, 0) is 37.6 Å². The monoisotopic (exact) mass is 329 g/mol. The van der Waals surface area contributed by atoms with Crippen LogP contribution in [0.5, 0.6) is 5.75 Å². The SMILES string of the molecule is CN=C(NCc1cccc(OC(C)C)c1)NCc1ccccc1F. The number of halogens is 1. The number of hydrogen-bond donors (Lipinski definition) is 2. The van der Waals surface area contributed by atoms with Crippen molar-refractivity contribution in [1.82, 2.24) is 10.6 Å². The molecule has 2 rings (SSSR count). The number of rotatable bonds is 6. The molecule has 2 aromatic rings. The lowest BCUT2D eigenvalue weighted by Gasteiger charge is -2.14. The molecule has 0 saturated heterocycles. The summed E-state index contributed by atoms with van der Waals surface area (Å²) in [6, 6.07) is 14.6. The summed E-state index contributed by atoms with van der Waals surface area (Å²) in [5, 5.41) is 6.33. The van der Waals surface area contributed by atoms with Crippen LogP contribution in [-0.2, 0) is 13.1 Å². The Labute approximate surface area is 142 Å². The van der Waals surface area contributed by atoms with Crippen molar-refractivity contribution in [2.24, 2.45) is 4.99 Å². The Morgan fingerprint density at radius 1 is 1.08 bits per heavy atom. The van der Waals surface area contributed by atoms with Crippen molar-refractivity contribution >= 4 is 5.96 Å². The molecule has 0 amide bonds. The average molecular weight is 329 g/mol. The molecule has 128 valence electrons. The second-order valence-electron chi connectivity index (χ2n) is 5.68. The van der Waals surface area contributed by atoms with E-state index in [4.69, 9.17) is 4.74 Å². The summed E-state index contributed by atoms with van der Waals surface area (Å²) in [4.78, 5) is 4.16. The molecule has 2 N–H and O–H groups in total. The lowest BCUT2D eigenvalue weighted by Crippen LogP contribution is -2.36. The molecule has 0 aromatic heterocycles. The van der Waals surface area contributed by atoms with Gasteiger partial charge in [-0.25, -0.2) is 4.39 Å². The minimum atomic E-state index is -0.223. The van der Waals surface area contributed by atoms with E-state index in [-0.39, 0.29) is 11.9 Å². The molecule has 0 heterocycles. The fourth-order valence-electron chi connectivity index (χ4n) is 2.23. The summed E-state index contributed by atoms with van der Waals surface area (Å²) in [6.07, 6.45) is 0.142. The highest BCUT2D eigenvalue weighted by molar-refractivity contribution is 5.79. The first-order chi connectivity index (χ1) is 11.6. The van der Waals surface area contributed by atoms with E-state index in [9.17, 15) is 4.39 Å². The maximum Gasteiger partial charge on any atom is 0.191 e. The minimum Gasteiger partial charge on any atom is -0.491 e. The summed E-state index contributed by atoms with van der Waals surface area (Å²) in [5.74, 6) is 1.24. The summed E-state index contributed by atoms with van der Waals surface area (Å²) >= 11 is 0. The van der Waals surface area contributed by atoms with E-state index in [1.54, 1.807) is 19.2 Å². The van der Waals surface area contributed by atoms with Gasteiger partial charge in [0.25, 0.3) is 0 Å². The Morgan fingerprint density at radius 2 is 1.83 bits per heavy atom. The smallest absolute Gasteiger partial charge is 0.191 e. The highest BCUT2D eigenvalue weighted by Crippen LogP contribution is 2.14. The van der Waals surface area contributed by atoms with Crippen LogP contribution < -0.4 is 15.4 Å². The number of nitrogens with one attached hydrogen (secondary N) is 2. The topological polar surface area (TPSA) is 45.7 Å². The van der Waals surface area contributed by atoms with Gasteiger partial charge in [0, 0.05) is 25.7 Å². The molecule has 0 saturated carbocycles. The first kappa shape index (κ1) is 17.8. The van der Waals surface area contributed by atoms with Gasteiger partial charge in [0.2, 0.25) is 0 Å². The van der Waals surface area contributed by atoms with Gasteiger partial charge in [0.05, 0.1) is 6.10 Å². The number of ether oxygens (including phenoxy) is 1. The zero-order chi connectivity index (χ0) is 17.4. The zero-order valence-corrected chi connectivity index (χ0v) is 14.3. The van der Waals surface area contributed by atoms with Crippen LogP contribution >= 0.6 is 0 Å². The molecule has 24 heavy (non-hydrogen) atoms. The predicted molar refractivity (Wildman–Crippen MR) is 95.6 cm³/mol. The molecule has 2 aromatic carbocycles. The van der Waals surface area contributed by atoms with Crippen molar-refractivity contribution in [3.8, 4) is 5.75 Å². The Bertz CT molecular complexity index is 686. The van der Waals surface area contributed by atoms with Crippen LogP contribution in [0, 0.1) is 5.82 Å². The fourth-order valence-corrected chi connectivity index (χ4v) is 2.23. The third-order valence-electron chi connectivity index (χ3n) is 3.36. The van der Waals surface area contributed by atoms with Gasteiger partial charge in [-0.1, -0.05) is 30.3 Å². The van der Waals surface area contributed by atoms with E-state index in [1.807, 2.05) is 44.2 Å². The molecule has 0 aliphatic carbocycles. The quantitative estimate of drug-likeness (QED) is 0.630. The second-order valence-corrected chi connectivity index (χ2v) is 5.68. The third-order valence-corrected chi connectivity index (χ3v) is 3.36. The van der Waals surface area contributed by atoms with Gasteiger partial charge in [-0.3, -0.25) is 4.99 Å². The van der Waals surface area contributed by atoms with E-state index in [1.165, 1.54) is 6.07 Å². The highest BCUT2D eigenvalue weighted by Gasteiger charge is 2.04. The number of nitrogens with zero attached hydrogens (tertiary/aromatic N) is 1. The maximum atomic E-state index is 13.6. The van der Waals surface area contributed by atoms with Gasteiger partial charge in [-0.2, -0.15) is 0 Å². The van der Waals surface area contributed by atoms with Crippen LogP contribution in [0.1, 0.15) is 25.0 Å². The Balaban J connectivity index is 1.89. The molecule has 0 atom stereocenters. The number of benzene rings is 2. The van der Waals surface area contributed by atoms with Gasteiger partial charge in [0.1, 0.15) is 11.6 Å². The molecular formula is C19H24FN3O. The van der Waals surface area contributed by atoms with Crippen LogP contribution in [0.4, 0.5) is 4.39 Å². The number of hydrogen-bond acceptors (Lipinski definition) is 2. The standard InChI is InChI=1S/C19H24FN3O/c1-14(2)24-17-9-6-7-15(11-17)12-22-19(21-3)23-13-16-8-4-5-10-18(16)20/h4-11,14H,12-13H2,1-3H3,(H2,21,22,23). The minimum absolute atomic E-state index is 0.142. The van der Waals surface area contributed by atoms with Gasteiger partial charge >= 0.3 is 0 Å². The van der Waals surface area contributed by atoms with E-state index < -0.39 is 0 Å². The molecule has 0 fully saturated rings. The zero-order valence-electron chi connectivity index (χ0n) is 14.3. The lowest BCUT2D eigenvalue weighted by molar-refractivity contribution is 0.242. The van der Waals surface area contributed by atoms with Crippen molar-refractivity contribution in [2.45, 2.75) is 33.0 Å². The molecule has 0 spiro atoms. The summed E-state index contributed by atoms with van der Waals surface area (Å²) in [7, 11) is 1.69. The second kappa shape index (κ2) is 8.91. The van der Waals surface area contributed by atoms with Crippen molar-refractivity contribution in [2.75, 3.05) is 7.05 Å². The molecule has 5 heteroatoms. The van der Waals surface area contributed by atoms with E-state index in [0.29, 0.717) is 24.6 Å². The van der Waals surface area contributed by atoms with E-state index >= 15 is 0 Å². The molecule has 4 nitrogen and oxygen atoms in total. The van der Waals surface area contributed by atoms with Crippen molar-refractivity contribution in [3.05, 3.63) is 65.5 Å². The van der Waals surface area contributed by atoms with Gasteiger partial charge < -0.3 is 15.4 Å². The lowest BCUT2D eigenvalue weighted by atomic mass is 10.2. The fraction of sp³-hybridized carbons (Fsp3) is 0.316. The Morgan fingerprint density at radius 3 is 2.54 bits per heavy atom. The molecule has 0 radical (unpaired) electrons. The van der Waals surface area contributed by atoms with Crippen molar-refractivity contribution in [3.63, 3.8) is 0 Å². The van der Waals surface area contributed by atoms with Crippen LogP contribution in [-0.4, -0.2) is 19.1 Å². The molecule has 0 aliphatic rings. The van der Waals surface area contributed by atoms with Crippen LogP contribution in [0.25, 0.3) is 0 Å². The summed E-state index contributed by atoms with van der Waals surface area (Å²) < 4.78 is 19.3. The first-order valence-electron chi connectivity index (χ1n) is 8.02. The number of guanidine groups is 1. The first-order valence-corrected chi connectivity index (χ1v) is 8.02. The van der Waals surface area contributed by atoms with Crippen LogP contribution in [0.3, 0.4) is 0 Å². The van der Waals surface area contributed by atoms with Gasteiger partial charge in [0.15, 0.2) is 5.96 Å². The average Bonchev–Trinajstić information content (AvgIpc) is 2.56. The van der Waals surface area contributed by atoms with Crippen molar-refractivity contribution in [1.29, 1.82) is 0 Å². The summed E-state index contributed by atoms with van der Waals surface area (Å²) in [5.41, 5.74) is 1.69. The Hall–Kier alpha value is -2.56. The highest BCUT2D eigenvalue weighted by atomic mass is 19.1. The molecule has 0 aliphatic heterocycles. The number of aliphatic imine (C=N–C) groups is 1. The van der Waals surface area contributed by atoms with Crippen LogP contribution in [0.2, 0.25) is 0 Å².